The molecule has 112 valence electrons. The molecule has 0 saturated carbocycles. The molecular formula is C8H12O10S-2. The van der Waals surface area contributed by atoms with Gasteiger partial charge < -0.3 is 33.8 Å². The number of ether oxygens (including phenoxy) is 3. The van der Waals surface area contributed by atoms with Crippen LogP contribution in [0, 0.1) is 0 Å². The van der Waals surface area contributed by atoms with Crippen LogP contribution in [0.4, 0.5) is 0 Å². The zero-order valence-corrected chi connectivity index (χ0v) is 10.7. The molecule has 1 aliphatic rings. The molecule has 11 heteroatoms. The first-order valence-corrected chi connectivity index (χ1v) is 6.28. The van der Waals surface area contributed by atoms with E-state index in [0.717, 1.165) is 14.2 Å². The molecule has 1 N–H and O–H groups in total. The Bertz CT molecular complexity index is 419. The Kier molecular flexibility index (Phi) is 5.20. The van der Waals surface area contributed by atoms with Crippen LogP contribution >= 0.6 is 0 Å². The second-order valence-corrected chi connectivity index (χ2v) is 4.65. The zero-order chi connectivity index (χ0) is 14.8. The summed E-state index contributed by atoms with van der Waals surface area (Å²) in [5, 5.41) is 20.6. The van der Waals surface area contributed by atoms with Crippen molar-refractivity contribution in [3.8, 4) is 0 Å². The lowest BCUT2D eigenvalue weighted by molar-refractivity contribution is -0.347. The number of aliphatic hydroxyl groups is 1. The molecule has 0 amide bonds. The van der Waals surface area contributed by atoms with E-state index < -0.39 is 47.1 Å². The topological polar surface area (TPSA) is 154 Å². The highest BCUT2D eigenvalue weighted by Crippen LogP contribution is 2.26. The van der Waals surface area contributed by atoms with Crippen LogP contribution in [0.5, 0.6) is 0 Å². The second-order valence-electron chi connectivity index (χ2n) is 3.64. The van der Waals surface area contributed by atoms with Gasteiger partial charge in [-0.2, -0.15) is 0 Å². The number of hydrogen-bond acceptors (Lipinski definition) is 10. The fourth-order valence-electron chi connectivity index (χ4n) is 1.71. The number of carbonyl (C=O) groups excluding carboxylic acids is 1. The zero-order valence-electron chi connectivity index (χ0n) is 9.92. The first-order chi connectivity index (χ1) is 8.71. The number of carboxylic acids is 1. The third-order valence-electron chi connectivity index (χ3n) is 2.49. The van der Waals surface area contributed by atoms with Crippen molar-refractivity contribution in [1.82, 2.24) is 0 Å². The van der Waals surface area contributed by atoms with Gasteiger partial charge in [0.2, 0.25) is 10.4 Å². The molecule has 0 spiro atoms. The molecule has 1 aliphatic heterocycles. The minimum atomic E-state index is -5.16. The highest BCUT2D eigenvalue weighted by atomic mass is 32.3. The second kappa shape index (κ2) is 6.09. The Hall–Kier alpha value is -0.820. The van der Waals surface area contributed by atoms with Crippen molar-refractivity contribution < 1.29 is 46.4 Å². The van der Waals surface area contributed by atoms with Crippen LogP contribution < -0.4 is 5.11 Å². The predicted molar refractivity (Wildman–Crippen MR) is 52.1 cm³/mol. The standard InChI is InChI=1S/C8H14O10S/c1-15-4-3(9)5(18-19(12,13)14)8(16-2)17-6(4)7(10)11/h3-6,8-9H,1-2H3,(H,10,11)(H,12,13,14)/p-2/t3-,4+,5?,6?,8+/m0/s1. The van der Waals surface area contributed by atoms with Crippen molar-refractivity contribution in [2.75, 3.05) is 14.2 Å². The van der Waals surface area contributed by atoms with E-state index in [9.17, 15) is 28.0 Å². The van der Waals surface area contributed by atoms with E-state index in [4.69, 9.17) is 4.74 Å². The summed E-state index contributed by atoms with van der Waals surface area (Å²) in [6.45, 7) is 0. The summed E-state index contributed by atoms with van der Waals surface area (Å²) >= 11 is 0. The molecule has 1 heterocycles. The van der Waals surface area contributed by atoms with Crippen LogP contribution in [0.25, 0.3) is 0 Å². The Labute approximate surface area is 108 Å². The van der Waals surface area contributed by atoms with Gasteiger partial charge in [-0.1, -0.05) is 0 Å². The lowest BCUT2D eigenvalue weighted by atomic mass is 9.99. The average molecular weight is 300 g/mol. The van der Waals surface area contributed by atoms with E-state index in [2.05, 4.69) is 13.7 Å². The van der Waals surface area contributed by atoms with E-state index >= 15 is 0 Å². The molecule has 0 aromatic rings. The van der Waals surface area contributed by atoms with Crippen molar-refractivity contribution in [2.45, 2.75) is 30.7 Å². The van der Waals surface area contributed by atoms with Crippen molar-refractivity contribution >= 4 is 16.4 Å². The minimum Gasteiger partial charge on any atom is -0.726 e. The maximum atomic E-state index is 10.8. The van der Waals surface area contributed by atoms with Crippen molar-refractivity contribution in [3.63, 3.8) is 0 Å². The van der Waals surface area contributed by atoms with Gasteiger partial charge in [-0.3, -0.25) is 4.18 Å². The average Bonchev–Trinajstić information content (AvgIpc) is 2.29. The van der Waals surface area contributed by atoms with Gasteiger partial charge in [0.25, 0.3) is 0 Å². The molecule has 0 aliphatic carbocycles. The largest absolute Gasteiger partial charge is 0.726 e. The van der Waals surface area contributed by atoms with E-state index in [0.29, 0.717) is 0 Å². The Balaban J connectivity index is 3.02. The summed E-state index contributed by atoms with van der Waals surface area (Å²) < 4.78 is 49.9. The lowest BCUT2D eigenvalue weighted by Gasteiger charge is -2.43. The van der Waals surface area contributed by atoms with Gasteiger partial charge in [-0.15, -0.1) is 0 Å². The predicted octanol–water partition coefficient (Wildman–Crippen LogP) is -3.67. The number of aliphatic hydroxyl groups excluding tert-OH is 1. The van der Waals surface area contributed by atoms with Crippen LogP contribution in [0.2, 0.25) is 0 Å². The monoisotopic (exact) mass is 300 g/mol. The number of carbonyl (C=O) groups is 1. The van der Waals surface area contributed by atoms with Gasteiger partial charge in [-0.25, -0.2) is 8.42 Å². The van der Waals surface area contributed by atoms with Crippen LogP contribution in [0.15, 0.2) is 0 Å². The molecule has 2 unspecified atom stereocenters. The summed E-state index contributed by atoms with van der Waals surface area (Å²) in [5.41, 5.74) is 0. The highest BCUT2D eigenvalue weighted by molar-refractivity contribution is 7.80. The normalized spacial score (nSPS) is 36.1. The first-order valence-electron chi connectivity index (χ1n) is 4.95. The molecule has 1 saturated heterocycles. The Morgan fingerprint density at radius 2 is 1.84 bits per heavy atom. The third kappa shape index (κ3) is 3.82. The number of aliphatic carboxylic acids is 1. The Morgan fingerprint density at radius 1 is 1.26 bits per heavy atom. The quantitative estimate of drug-likeness (QED) is 0.396. The van der Waals surface area contributed by atoms with Crippen molar-refractivity contribution in [1.29, 1.82) is 0 Å². The van der Waals surface area contributed by atoms with Crippen molar-refractivity contribution in [2.24, 2.45) is 0 Å². The summed E-state index contributed by atoms with van der Waals surface area (Å²) in [5.74, 6) is -1.70. The number of hydrogen-bond donors (Lipinski definition) is 1. The molecule has 10 nitrogen and oxygen atoms in total. The highest BCUT2D eigenvalue weighted by Gasteiger charge is 2.48. The van der Waals surface area contributed by atoms with Gasteiger partial charge in [-0.05, 0) is 0 Å². The number of rotatable bonds is 5. The first kappa shape index (κ1) is 16.2. The molecule has 0 aromatic carbocycles. The van der Waals surface area contributed by atoms with Gasteiger partial charge >= 0.3 is 0 Å². The van der Waals surface area contributed by atoms with Crippen molar-refractivity contribution in [3.05, 3.63) is 0 Å². The molecular weight excluding hydrogens is 288 g/mol. The van der Waals surface area contributed by atoms with E-state index in [1.54, 1.807) is 0 Å². The van der Waals surface area contributed by atoms with Crippen LogP contribution in [-0.2, 0) is 33.6 Å². The molecule has 1 rings (SSSR count). The summed E-state index contributed by atoms with van der Waals surface area (Å²) in [7, 11) is -3.05. The SMILES string of the molecule is CO[C@@H]1OC(C(=O)[O-])[C@H](OC)[C@H](O)C1OS(=O)(=O)[O-]. The fraction of sp³-hybridized carbons (Fsp3) is 0.875. The van der Waals surface area contributed by atoms with E-state index in [1.807, 2.05) is 0 Å². The minimum absolute atomic E-state index is 1.05. The smallest absolute Gasteiger partial charge is 0.218 e. The van der Waals surface area contributed by atoms with Gasteiger partial charge in [0, 0.05) is 14.2 Å². The molecule has 19 heavy (non-hydrogen) atoms. The molecule has 5 atom stereocenters. The molecule has 0 aromatic heterocycles. The van der Waals surface area contributed by atoms with E-state index in [-0.39, 0.29) is 0 Å². The van der Waals surface area contributed by atoms with E-state index in [1.165, 1.54) is 0 Å². The van der Waals surface area contributed by atoms with Crippen LogP contribution in [0.1, 0.15) is 0 Å². The van der Waals surface area contributed by atoms with Gasteiger partial charge in [0.1, 0.15) is 18.3 Å². The van der Waals surface area contributed by atoms with Gasteiger partial charge in [0.05, 0.1) is 5.97 Å². The summed E-state index contributed by atoms with van der Waals surface area (Å²) in [6, 6.07) is 0. The fourth-order valence-corrected chi connectivity index (χ4v) is 2.18. The molecule has 1 fully saturated rings. The van der Waals surface area contributed by atoms with Crippen LogP contribution in [0.3, 0.4) is 0 Å². The molecule has 0 radical (unpaired) electrons. The Morgan fingerprint density at radius 3 is 2.21 bits per heavy atom. The number of carboxylic acid groups (broad SMARTS) is 1. The van der Waals surface area contributed by atoms with Crippen LogP contribution in [-0.4, -0.2) is 69.0 Å². The maximum Gasteiger partial charge on any atom is 0.218 e. The summed E-state index contributed by atoms with van der Waals surface area (Å²) in [6.07, 6.45) is -8.32. The number of methoxy groups -OCH3 is 2. The van der Waals surface area contributed by atoms with Gasteiger partial charge in [0.15, 0.2) is 12.4 Å². The summed E-state index contributed by atoms with van der Waals surface area (Å²) in [4.78, 5) is 10.8. The maximum absolute atomic E-state index is 10.8. The lowest BCUT2D eigenvalue weighted by Crippen LogP contribution is -2.63. The molecule has 0 bridgehead atoms. The third-order valence-corrected chi connectivity index (χ3v) is 2.94.